The molecular formula is C15H20N4O2. The molecule has 2 rings (SSSR count). The molecular weight excluding hydrogens is 268 g/mol. The number of aliphatic hydroxyl groups is 1. The molecule has 21 heavy (non-hydrogen) atoms. The molecule has 0 bridgehead atoms. The first kappa shape index (κ1) is 15.2. The standard InChI is InChI=1S/C15H20N4O2/c1-12(13-6-3-2-4-7-13)16-15(21)11-19-10-14(17-18-19)8-5-9-20/h2-4,6-7,10,12,20H,5,8-9,11H2,1H3,(H,16,21). The monoisotopic (exact) mass is 288 g/mol. The Morgan fingerprint density at radius 1 is 1.38 bits per heavy atom. The number of hydrogen-bond acceptors (Lipinski definition) is 4. The van der Waals surface area contributed by atoms with E-state index in [4.69, 9.17) is 5.11 Å². The van der Waals surface area contributed by atoms with Crippen LogP contribution >= 0.6 is 0 Å². The van der Waals surface area contributed by atoms with Gasteiger partial charge in [0.15, 0.2) is 0 Å². The Morgan fingerprint density at radius 3 is 2.86 bits per heavy atom. The fraction of sp³-hybridized carbons (Fsp3) is 0.400. The topological polar surface area (TPSA) is 80.0 Å². The molecule has 6 heteroatoms. The largest absolute Gasteiger partial charge is 0.396 e. The summed E-state index contributed by atoms with van der Waals surface area (Å²) in [6.45, 7) is 2.21. The normalized spacial score (nSPS) is 12.1. The highest BCUT2D eigenvalue weighted by molar-refractivity contribution is 5.76. The third kappa shape index (κ3) is 4.68. The van der Waals surface area contributed by atoms with Gasteiger partial charge in [-0.3, -0.25) is 4.79 Å². The molecule has 0 saturated carbocycles. The zero-order valence-corrected chi connectivity index (χ0v) is 12.1. The van der Waals surface area contributed by atoms with Crippen molar-refractivity contribution in [1.29, 1.82) is 0 Å². The number of carbonyl (C=O) groups is 1. The third-order valence-corrected chi connectivity index (χ3v) is 3.16. The first-order valence-corrected chi connectivity index (χ1v) is 7.03. The van der Waals surface area contributed by atoms with Gasteiger partial charge < -0.3 is 10.4 Å². The summed E-state index contributed by atoms with van der Waals surface area (Å²) in [5, 5.41) is 19.6. The molecule has 2 N–H and O–H groups in total. The molecule has 1 amide bonds. The van der Waals surface area contributed by atoms with E-state index in [1.54, 1.807) is 6.20 Å². The van der Waals surface area contributed by atoms with Crippen LogP contribution < -0.4 is 5.32 Å². The molecule has 2 aromatic rings. The number of nitrogens with zero attached hydrogens (tertiary/aromatic N) is 3. The number of nitrogens with one attached hydrogen (secondary N) is 1. The fourth-order valence-corrected chi connectivity index (χ4v) is 2.05. The molecule has 0 radical (unpaired) electrons. The summed E-state index contributed by atoms with van der Waals surface area (Å²) in [7, 11) is 0. The Bertz CT molecular complexity index is 568. The minimum absolute atomic E-state index is 0.0453. The highest BCUT2D eigenvalue weighted by atomic mass is 16.2. The zero-order valence-electron chi connectivity index (χ0n) is 12.1. The Morgan fingerprint density at radius 2 is 2.14 bits per heavy atom. The Kier molecular flexibility index (Phi) is 5.45. The number of rotatable bonds is 7. The number of benzene rings is 1. The molecule has 112 valence electrons. The van der Waals surface area contributed by atoms with Crippen LogP contribution in [0.4, 0.5) is 0 Å². The maximum absolute atomic E-state index is 12.0. The van der Waals surface area contributed by atoms with Gasteiger partial charge in [0.05, 0.1) is 11.7 Å². The van der Waals surface area contributed by atoms with Crippen LogP contribution in [0.1, 0.15) is 30.6 Å². The van der Waals surface area contributed by atoms with Crippen molar-refractivity contribution >= 4 is 5.91 Å². The summed E-state index contributed by atoms with van der Waals surface area (Å²) < 4.78 is 1.51. The smallest absolute Gasteiger partial charge is 0.242 e. The molecule has 1 atom stereocenters. The predicted octanol–water partition coefficient (Wildman–Crippen LogP) is 1.08. The van der Waals surface area contributed by atoms with Crippen molar-refractivity contribution in [3.63, 3.8) is 0 Å². The Balaban J connectivity index is 1.85. The highest BCUT2D eigenvalue weighted by Gasteiger charge is 2.10. The van der Waals surface area contributed by atoms with Crippen molar-refractivity contribution in [3.05, 3.63) is 47.8 Å². The van der Waals surface area contributed by atoms with Gasteiger partial charge in [0, 0.05) is 12.8 Å². The zero-order chi connectivity index (χ0) is 15.1. The molecule has 1 heterocycles. The van der Waals surface area contributed by atoms with Crippen LogP contribution in [0.15, 0.2) is 36.5 Å². The van der Waals surface area contributed by atoms with Gasteiger partial charge in [-0.05, 0) is 25.3 Å². The van der Waals surface area contributed by atoms with Gasteiger partial charge in [-0.15, -0.1) is 5.10 Å². The van der Waals surface area contributed by atoms with Gasteiger partial charge in [-0.2, -0.15) is 0 Å². The summed E-state index contributed by atoms with van der Waals surface area (Å²) in [6.07, 6.45) is 3.05. The average molecular weight is 288 g/mol. The Hall–Kier alpha value is -2.21. The minimum Gasteiger partial charge on any atom is -0.396 e. The molecule has 1 aromatic heterocycles. The van der Waals surface area contributed by atoms with Crippen LogP contribution in [0, 0.1) is 0 Å². The summed E-state index contributed by atoms with van der Waals surface area (Å²) in [5.41, 5.74) is 1.85. The predicted molar refractivity (Wildman–Crippen MR) is 78.4 cm³/mol. The van der Waals surface area contributed by atoms with Crippen molar-refractivity contribution in [1.82, 2.24) is 20.3 Å². The van der Waals surface area contributed by atoms with Gasteiger partial charge >= 0.3 is 0 Å². The van der Waals surface area contributed by atoms with E-state index in [0.29, 0.717) is 12.8 Å². The van der Waals surface area contributed by atoms with Crippen molar-refractivity contribution in [3.8, 4) is 0 Å². The van der Waals surface area contributed by atoms with Gasteiger partial charge in [0.25, 0.3) is 0 Å². The van der Waals surface area contributed by atoms with E-state index in [1.807, 2.05) is 37.3 Å². The molecule has 1 aromatic carbocycles. The summed E-state index contributed by atoms with van der Waals surface area (Å²) >= 11 is 0. The second-order valence-corrected chi connectivity index (χ2v) is 4.93. The first-order valence-electron chi connectivity index (χ1n) is 7.03. The van der Waals surface area contributed by atoms with Gasteiger partial charge in [-0.25, -0.2) is 4.68 Å². The minimum atomic E-state index is -0.107. The number of aryl methyl sites for hydroxylation is 1. The molecule has 0 aliphatic heterocycles. The SMILES string of the molecule is CC(NC(=O)Cn1cc(CCCO)nn1)c1ccccc1. The second kappa shape index (κ2) is 7.54. The van der Waals surface area contributed by atoms with Crippen LogP contribution in [0.5, 0.6) is 0 Å². The van der Waals surface area contributed by atoms with E-state index in [-0.39, 0.29) is 25.1 Å². The summed E-state index contributed by atoms with van der Waals surface area (Å²) in [5.74, 6) is -0.107. The van der Waals surface area contributed by atoms with Crippen LogP contribution in [-0.2, 0) is 17.8 Å². The van der Waals surface area contributed by atoms with Crippen molar-refractivity contribution < 1.29 is 9.90 Å². The maximum Gasteiger partial charge on any atom is 0.242 e. The van der Waals surface area contributed by atoms with E-state index in [2.05, 4.69) is 15.6 Å². The maximum atomic E-state index is 12.0. The summed E-state index contributed by atoms with van der Waals surface area (Å²) in [6, 6.07) is 9.75. The number of carbonyl (C=O) groups excluding carboxylic acids is 1. The van der Waals surface area contributed by atoms with Crippen molar-refractivity contribution in [2.45, 2.75) is 32.4 Å². The van der Waals surface area contributed by atoms with Crippen LogP contribution in [0.25, 0.3) is 0 Å². The molecule has 0 fully saturated rings. The number of aromatic nitrogens is 3. The van der Waals surface area contributed by atoms with E-state index in [1.165, 1.54) is 4.68 Å². The highest BCUT2D eigenvalue weighted by Crippen LogP contribution is 2.10. The lowest BCUT2D eigenvalue weighted by Crippen LogP contribution is -2.30. The molecule has 6 nitrogen and oxygen atoms in total. The average Bonchev–Trinajstić information content (AvgIpc) is 2.93. The Labute approximate surface area is 123 Å². The summed E-state index contributed by atoms with van der Waals surface area (Å²) in [4.78, 5) is 12.0. The van der Waals surface area contributed by atoms with Gasteiger partial charge in [0.2, 0.25) is 5.91 Å². The molecule has 0 spiro atoms. The fourth-order valence-electron chi connectivity index (χ4n) is 2.05. The van der Waals surface area contributed by atoms with Crippen LogP contribution in [0.2, 0.25) is 0 Å². The first-order chi connectivity index (χ1) is 10.2. The van der Waals surface area contributed by atoms with E-state index < -0.39 is 0 Å². The van der Waals surface area contributed by atoms with E-state index in [9.17, 15) is 4.79 Å². The third-order valence-electron chi connectivity index (χ3n) is 3.16. The molecule has 1 unspecified atom stereocenters. The lowest BCUT2D eigenvalue weighted by Gasteiger charge is -2.13. The lowest BCUT2D eigenvalue weighted by molar-refractivity contribution is -0.122. The van der Waals surface area contributed by atoms with E-state index in [0.717, 1.165) is 11.3 Å². The van der Waals surface area contributed by atoms with Crippen LogP contribution in [-0.4, -0.2) is 32.6 Å². The lowest BCUT2D eigenvalue weighted by atomic mass is 10.1. The number of amides is 1. The van der Waals surface area contributed by atoms with E-state index >= 15 is 0 Å². The molecule has 0 saturated heterocycles. The van der Waals surface area contributed by atoms with Crippen molar-refractivity contribution in [2.24, 2.45) is 0 Å². The number of hydrogen-bond donors (Lipinski definition) is 2. The van der Waals surface area contributed by atoms with Crippen molar-refractivity contribution in [2.75, 3.05) is 6.61 Å². The molecule has 0 aliphatic carbocycles. The number of aliphatic hydroxyl groups excluding tert-OH is 1. The second-order valence-electron chi connectivity index (χ2n) is 4.93. The van der Waals surface area contributed by atoms with Gasteiger partial charge in [-0.1, -0.05) is 35.5 Å². The van der Waals surface area contributed by atoms with Crippen LogP contribution in [0.3, 0.4) is 0 Å². The molecule has 0 aliphatic rings. The van der Waals surface area contributed by atoms with Gasteiger partial charge in [0.1, 0.15) is 6.54 Å². The quantitative estimate of drug-likeness (QED) is 0.799.